The average molecular weight is 341 g/mol. The Morgan fingerprint density at radius 1 is 1.28 bits per heavy atom. The maximum atomic E-state index is 12.4. The smallest absolute Gasteiger partial charge is 0.270 e. The molecule has 0 unspecified atom stereocenters. The van der Waals surface area contributed by atoms with Gasteiger partial charge in [-0.25, -0.2) is 15.0 Å². The lowest BCUT2D eigenvalue weighted by atomic mass is 10.2. The predicted octanol–water partition coefficient (Wildman–Crippen LogP) is 0.444. The second-order valence-corrected chi connectivity index (χ2v) is 6.21. The summed E-state index contributed by atoms with van der Waals surface area (Å²) in [4.78, 5) is 29.4. The van der Waals surface area contributed by atoms with Crippen molar-refractivity contribution >= 4 is 17.7 Å². The quantitative estimate of drug-likeness (QED) is 0.832. The number of amides is 1. The van der Waals surface area contributed by atoms with Gasteiger partial charge in [0.05, 0.1) is 0 Å². The summed E-state index contributed by atoms with van der Waals surface area (Å²) in [7, 11) is 2.12. The van der Waals surface area contributed by atoms with Crippen molar-refractivity contribution in [1.29, 1.82) is 0 Å². The molecule has 3 N–H and O–H groups in total. The van der Waals surface area contributed by atoms with Gasteiger partial charge in [-0.2, -0.15) is 0 Å². The van der Waals surface area contributed by atoms with E-state index in [0.29, 0.717) is 12.2 Å². The molecular formula is C17H23N7O. The number of rotatable bonds is 4. The van der Waals surface area contributed by atoms with Crippen molar-refractivity contribution in [3.63, 3.8) is 0 Å². The standard InChI is InChI=1S/C17H23N7O/c1-12-10-14(22-17(18)21-12)16(25)20-11-13-4-3-5-19-15(13)24-8-6-23(2)7-9-24/h3-5,10H,6-9,11H2,1-2H3,(H,20,25)(H2,18,21,22). The van der Waals surface area contributed by atoms with Crippen molar-refractivity contribution in [2.45, 2.75) is 13.5 Å². The molecule has 0 bridgehead atoms. The van der Waals surface area contributed by atoms with Crippen LogP contribution < -0.4 is 16.0 Å². The summed E-state index contributed by atoms with van der Waals surface area (Å²) in [5, 5.41) is 2.90. The molecular weight excluding hydrogens is 318 g/mol. The Morgan fingerprint density at radius 2 is 2.04 bits per heavy atom. The second-order valence-electron chi connectivity index (χ2n) is 6.21. The Labute approximate surface area is 147 Å². The molecule has 25 heavy (non-hydrogen) atoms. The fourth-order valence-electron chi connectivity index (χ4n) is 2.85. The Bertz CT molecular complexity index is 736. The van der Waals surface area contributed by atoms with E-state index in [2.05, 4.69) is 37.1 Å². The maximum Gasteiger partial charge on any atom is 0.270 e. The second kappa shape index (κ2) is 7.43. The Balaban J connectivity index is 1.70. The lowest BCUT2D eigenvalue weighted by Gasteiger charge is -2.34. The molecule has 0 aromatic carbocycles. The van der Waals surface area contributed by atoms with Crippen molar-refractivity contribution in [3.05, 3.63) is 41.3 Å². The molecule has 8 heteroatoms. The third-order valence-corrected chi connectivity index (χ3v) is 4.21. The first-order valence-corrected chi connectivity index (χ1v) is 8.29. The minimum absolute atomic E-state index is 0.102. The van der Waals surface area contributed by atoms with Crippen molar-refractivity contribution in [3.8, 4) is 0 Å². The van der Waals surface area contributed by atoms with Crippen molar-refractivity contribution in [2.75, 3.05) is 43.9 Å². The van der Waals surface area contributed by atoms with E-state index in [4.69, 9.17) is 5.73 Å². The molecule has 0 spiro atoms. The van der Waals surface area contributed by atoms with Gasteiger partial charge in [-0.3, -0.25) is 4.79 Å². The van der Waals surface area contributed by atoms with E-state index in [1.54, 1.807) is 19.2 Å². The van der Waals surface area contributed by atoms with Crippen LogP contribution in [0.2, 0.25) is 0 Å². The number of nitrogen functional groups attached to an aromatic ring is 1. The molecule has 0 atom stereocenters. The molecule has 0 saturated carbocycles. The lowest BCUT2D eigenvalue weighted by Crippen LogP contribution is -2.45. The number of pyridine rings is 1. The minimum Gasteiger partial charge on any atom is -0.368 e. The van der Waals surface area contributed by atoms with Crippen LogP contribution in [0.5, 0.6) is 0 Å². The van der Waals surface area contributed by atoms with Crippen molar-refractivity contribution < 1.29 is 4.79 Å². The highest BCUT2D eigenvalue weighted by Gasteiger charge is 2.18. The van der Waals surface area contributed by atoms with Crippen LogP contribution in [0.15, 0.2) is 24.4 Å². The lowest BCUT2D eigenvalue weighted by molar-refractivity contribution is 0.0946. The first-order chi connectivity index (χ1) is 12.0. The van der Waals surface area contributed by atoms with Crippen molar-refractivity contribution in [2.24, 2.45) is 0 Å². The molecule has 1 fully saturated rings. The average Bonchev–Trinajstić information content (AvgIpc) is 2.60. The number of carbonyl (C=O) groups is 1. The van der Waals surface area contributed by atoms with Crippen LogP contribution in [0, 0.1) is 6.92 Å². The summed E-state index contributed by atoms with van der Waals surface area (Å²) in [6, 6.07) is 5.49. The Hall–Kier alpha value is -2.74. The molecule has 2 aromatic rings. The first kappa shape index (κ1) is 17.1. The molecule has 3 heterocycles. The van der Waals surface area contributed by atoms with Crippen LogP contribution in [0.25, 0.3) is 0 Å². The number of nitrogens with two attached hydrogens (primary N) is 1. The number of carbonyl (C=O) groups excluding carboxylic acids is 1. The Kier molecular flexibility index (Phi) is 5.08. The molecule has 1 aliphatic heterocycles. The highest BCUT2D eigenvalue weighted by molar-refractivity contribution is 5.92. The zero-order valence-corrected chi connectivity index (χ0v) is 14.6. The zero-order valence-electron chi connectivity index (χ0n) is 14.6. The third kappa shape index (κ3) is 4.21. The summed E-state index contributed by atoms with van der Waals surface area (Å²) in [6.45, 7) is 6.02. The van der Waals surface area contributed by atoms with E-state index in [1.165, 1.54) is 0 Å². The van der Waals surface area contributed by atoms with Gasteiger partial charge in [0.15, 0.2) is 0 Å². The fraction of sp³-hybridized carbons (Fsp3) is 0.412. The van der Waals surface area contributed by atoms with Crippen molar-refractivity contribution in [1.82, 2.24) is 25.2 Å². The van der Waals surface area contributed by atoms with Gasteiger partial charge < -0.3 is 20.9 Å². The summed E-state index contributed by atoms with van der Waals surface area (Å²) in [6.07, 6.45) is 1.79. The van der Waals surface area contributed by atoms with E-state index in [1.807, 2.05) is 12.1 Å². The van der Waals surface area contributed by atoms with Crippen LogP contribution in [-0.4, -0.2) is 59.0 Å². The largest absolute Gasteiger partial charge is 0.368 e. The number of anilines is 2. The molecule has 2 aromatic heterocycles. The third-order valence-electron chi connectivity index (χ3n) is 4.21. The highest BCUT2D eigenvalue weighted by Crippen LogP contribution is 2.18. The number of aryl methyl sites for hydroxylation is 1. The molecule has 3 rings (SSSR count). The number of nitrogens with one attached hydrogen (secondary N) is 1. The van der Waals surface area contributed by atoms with Crippen LogP contribution in [0.3, 0.4) is 0 Å². The van der Waals surface area contributed by atoms with Gasteiger partial charge in [0.1, 0.15) is 11.5 Å². The van der Waals surface area contributed by atoms with Gasteiger partial charge in [0, 0.05) is 50.2 Å². The van der Waals surface area contributed by atoms with Gasteiger partial charge in [-0.15, -0.1) is 0 Å². The number of hydrogen-bond acceptors (Lipinski definition) is 7. The van der Waals surface area contributed by atoms with E-state index >= 15 is 0 Å². The van der Waals surface area contributed by atoms with Gasteiger partial charge >= 0.3 is 0 Å². The summed E-state index contributed by atoms with van der Waals surface area (Å²) >= 11 is 0. The summed E-state index contributed by atoms with van der Waals surface area (Å²) < 4.78 is 0. The normalized spacial score (nSPS) is 15.2. The maximum absolute atomic E-state index is 12.4. The van der Waals surface area contributed by atoms with Crippen LogP contribution in [-0.2, 0) is 6.54 Å². The topological polar surface area (TPSA) is 100 Å². The number of piperazine rings is 1. The van der Waals surface area contributed by atoms with Gasteiger partial charge in [0.2, 0.25) is 5.95 Å². The zero-order chi connectivity index (χ0) is 17.8. The molecule has 1 saturated heterocycles. The van der Waals surface area contributed by atoms with Crippen LogP contribution >= 0.6 is 0 Å². The monoisotopic (exact) mass is 341 g/mol. The minimum atomic E-state index is -0.273. The molecule has 8 nitrogen and oxygen atoms in total. The van der Waals surface area contributed by atoms with Gasteiger partial charge in [0.25, 0.3) is 5.91 Å². The molecule has 1 aliphatic rings. The van der Waals surface area contributed by atoms with Gasteiger partial charge in [-0.05, 0) is 26.1 Å². The van der Waals surface area contributed by atoms with E-state index in [9.17, 15) is 4.79 Å². The molecule has 0 aliphatic carbocycles. The number of aromatic nitrogens is 3. The van der Waals surface area contributed by atoms with Crippen LogP contribution in [0.1, 0.15) is 21.7 Å². The number of hydrogen-bond donors (Lipinski definition) is 2. The summed E-state index contributed by atoms with van der Waals surface area (Å²) in [5.74, 6) is 0.754. The molecule has 0 radical (unpaired) electrons. The fourth-order valence-corrected chi connectivity index (χ4v) is 2.85. The van der Waals surface area contributed by atoms with Crippen LogP contribution in [0.4, 0.5) is 11.8 Å². The van der Waals surface area contributed by atoms with E-state index in [-0.39, 0.29) is 17.5 Å². The number of likely N-dealkylation sites (N-methyl/N-ethyl adjacent to an activating group) is 1. The van der Waals surface area contributed by atoms with E-state index in [0.717, 1.165) is 37.6 Å². The molecule has 1 amide bonds. The van der Waals surface area contributed by atoms with Gasteiger partial charge in [-0.1, -0.05) is 6.07 Å². The number of nitrogens with zero attached hydrogens (tertiary/aromatic N) is 5. The first-order valence-electron chi connectivity index (χ1n) is 8.29. The molecule has 132 valence electrons. The predicted molar refractivity (Wildman–Crippen MR) is 96.3 cm³/mol. The summed E-state index contributed by atoms with van der Waals surface area (Å²) in [5.41, 5.74) is 7.54. The highest BCUT2D eigenvalue weighted by atomic mass is 16.1. The Morgan fingerprint density at radius 3 is 2.76 bits per heavy atom. The van der Waals surface area contributed by atoms with E-state index < -0.39 is 0 Å². The SMILES string of the molecule is Cc1cc(C(=O)NCc2cccnc2N2CCN(C)CC2)nc(N)n1.